The molecule has 1 spiro atoms. The minimum absolute atomic E-state index is 0.00406. The summed E-state index contributed by atoms with van der Waals surface area (Å²) in [6, 6.07) is 1.09. The summed E-state index contributed by atoms with van der Waals surface area (Å²) in [6.45, 7) is 5.78. The molecule has 0 aromatic heterocycles. The van der Waals surface area contributed by atoms with Crippen molar-refractivity contribution in [3.05, 3.63) is 0 Å². The van der Waals surface area contributed by atoms with Crippen molar-refractivity contribution in [2.24, 2.45) is 0 Å². The number of likely N-dealkylation sites (tertiary alicyclic amines) is 2. The number of amides is 1. The molecule has 22 heavy (non-hydrogen) atoms. The normalized spacial score (nSPS) is 38.3. The van der Waals surface area contributed by atoms with Crippen LogP contribution in [0.15, 0.2) is 0 Å². The van der Waals surface area contributed by atoms with E-state index in [1.807, 2.05) is 0 Å². The highest BCUT2D eigenvalue weighted by Crippen LogP contribution is 2.38. The topological polar surface area (TPSA) is 42.0 Å². The van der Waals surface area contributed by atoms with Crippen molar-refractivity contribution in [1.82, 2.24) is 9.80 Å². The second kappa shape index (κ2) is 6.10. The Morgan fingerprint density at radius 2 is 1.86 bits per heavy atom. The molecule has 4 heterocycles. The van der Waals surface area contributed by atoms with Crippen LogP contribution in [0, 0.1) is 0 Å². The molecule has 4 rings (SSSR count). The fourth-order valence-electron chi connectivity index (χ4n) is 4.85. The van der Waals surface area contributed by atoms with E-state index in [9.17, 15) is 4.79 Å². The van der Waals surface area contributed by atoms with Gasteiger partial charge in [0.25, 0.3) is 0 Å². The van der Waals surface area contributed by atoms with Crippen molar-refractivity contribution in [2.75, 3.05) is 39.5 Å². The molecule has 4 saturated heterocycles. The molecule has 2 atom stereocenters. The Hall–Kier alpha value is -0.650. The molecule has 0 bridgehead atoms. The molecule has 0 radical (unpaired) electrons. The van der Waals surface area contributed by atoms with Gasteiger partial charge >= 0.3 is 0 Å². The van der Waals surface area contributed by atoms with E-state index in [1.54, 1.807) is 0 Å². The summed E-state index contributed by atoms with van der Waals surface area (Å²) in [5.41, 5.74) is 0.00406. The van der Waals surface area contributed by atoms with Crippen molar-refractivity contribution in [1.29, 1.82) is 0 Å². The van der Waals surface area contributed by atoms with Gasteiger partial charge in [0.15, 0.2) is 0 Å². The molecule has 0 N–H and O–H groups in total. The number of carbonyl (C=O) groups is 1. The Balaban J connectivity index is 1.40. The zero-order valence-corrected chi connectivity index (χ0v) is 13.5. The van der Waals surface area contributed by atoms with Gasteiger partial charge in [-0.1, -0.05) is 0 Å². The number of rotatable bonds is 2. The van der Waals surface area contributed by atoms with E-state index in [0.717, 1.165) is 84.4 Å². The van der Waals surface area contributed by atoms with Crippen molar-refractivity contribution < 1.29 is 14.3 Å². The van der Waals surface area contributed by atoms with Crippen molar-refractivity contribution in [3.8, 4) is 0 Å². The predicted octanol–water partition coefficient (Wildman–Crippen LogP) is 1.41. The smallest absolute Gasteiger partial charge is 0.222 e. The van der Waals surface area contributed by atoms with E-state index in [4.69, 9.17) is 9.47 Å². The van der Waals surface area contributed by atoms with Gasteiger partial charge in [-0.05, 0) is 38.5 Å². The SMILES string of the molecule is O=C1CCCN1[C@H]1CCO[C@]2(CCN(C3CCOCC3)C2)C1. The zero-order valence-electron chi connectivity index (χ0n) is 13.5. The van der Waals surface area contributed by atoms with Gasteiger partial charge in [-0.15, -0.1) is 0 Å². The van der Waals surface area contributed by atoms with Gasteiger partial charge in [0.2, 0.25) is 5.91 Å². The molecule has 124 valence electrons. The van der Waals surface area contributed by atoms with Crippen molar-refractivity contribution in [2.45, 2.75) is 62.6 Å². The number of carbonyl (C=O) groups excluding carboxylic acids is 1. The third kappa shape index (κ3) is 2.79. The predicted molar refractivity (Wildman–Crippen MR) is 82.7 cm³/mol. The van der Waals surface area contributed by atoms with E-state index in [1.165, 1.54) is 0 Å². The van der Waals surface area contributed by atoms with Gasteiger partial charge in [-0.2, -0.15) is 0 Å². The maximum Gasteiger partial charge on any atom is 0.222 e. The summed E-state index contributed by atoms with van der Waals surface area (Å²) in [7, 11) is 0. The van der Waals surface area contributed by atoms with Crippen LogP contribution in [0.25, 0.3) is 0 Å². The summed E-state index contributed by atoms with van der Waals surface area (Å²) in [5.74, 6) is 0.362. The molecule has 5 heteroatoms. The van der Waals surface area contributed by atoms with Crippen LogP contribution < -0.4 is 0 Å². The van der Waals surface area contributed by atoms with Crippen LogP contribution in [0.2, 0.25) is 0 Å². The molecule has 0 unspecified atom stereocenters. The van der Waals surface area contributed by atoms with Gasteiger partial charge in [0.1, 0.15) is 0 Å². The first kappa shape index (κ1) is 14.9. The fraction of sp³-hybridized carbons (Fsp3) is 0.941. The molecule has 0 aliphatic carbocycles. The van der Waals surface area contributed by atoms with Gasteiger partial charge in [0, 0.05) is 58.0 Å². The fourth-order valence-corrected chi connectivity index (χ4v) is 4.85. The average Bonchev–Trinajstić information content (AvgIpc) is 3.15. The Morgan fingerprint density at radius 1 is 1.05 bits per heavy atom. The van der Waals surface area contributed by atoms with Crippen LogP contribution in [0.4, 0.5) is 0 Å². The summed E-state index contributed by atoms with van der Waals surface area (Å²) >= 11 is 0. The Morgan fingerprint density at radius 3 is 2.64 bits per heavy atom. The van der Waals surface area contributed by atoms with E-state index in [-0.39, 0.29) is 5.60 Å². The first-order chi connectivity index (χ1) is 10.8. The lowest BCUT2D eigenvalue weighted by Crippen LogP contribution is -2.51. The highest BCUT2D eigenvalue weighted by molar-refractivity contribution is 5.78. The molecule has 1 amide bonds. The van der Waals surface area contributed by atoms with E-state index in [2.05, 4.69) is 9.80 Å². The minimum Gasteiger partial charge on any atom is -0.381 e. The standard InChI is InChI=1S/C17H28N2O3/c20-16-2-1-7-19(16)15-5-11-22-17(12-15)6-8-18(13-17)14-3-9-21-10-4-14/h14-15H,1-13H2/t15-,17+/m0/s1. The highest BCUT2D eigenvalue weighted by Gasteiger charge is 2.46. The summed E-state index contributed by atoms with van der Waals surface area (Å²) in [5, 5.41) is 0. The first-order valence-corrected chi connectivity index (χ1v) is 9.01. The Kier molecular flexibility index (Phi) is 4.13. The highest BCUT2D eigenvalue weighted by atomic mass is 16.5. The summed E-state index contributed by atoms with van der Waals surface area (Å²) in [6.07, 6.45) is 7.29. The van der Waals surface area contributed by atoms with Crippen LogP contribution in [-0.4, -0.2) is 72.8 Å². The Bertz CT molecular complexity index is 424. The van der Waals surface area contributed by atoms with Crippen molar-refractivity contribution in [3.63, 3.8) is 0 Å². The zero-order chi connectivity index (χ0) is 15.0. The number of hydrogen-bond donors (Lipinski definition) is 0. The van der Waals surface area contributed by atoms with Crippen LogP contribution in [0.5, 0.6) is 0 Å². The lowest BCUT2D eigenvalue weighted by Gasteiger charge is -2.42. The molecule has 0 aromatic carbocycles. The van der Waals surface area contributed by atoms with Crippen LogP contribution in [0.1, 0.15) is 44.9 Å². The monoisotopic (exact) mass is 308 g/mol. The number of nitrogens with zero attached hydrogens (tertiary/aromatic N) is 2. The third-order valence-electron chi connectivity index (χ3n) is 6.07. The molecule has 4 aliphatic rings. The lowest BCUT2D eigenvalue weighted by atomic mass is 9.88. The maximum absolute atomic E-state index is 12.0. The van der Waals surface area contributed by atoms with Gasteiger partial charge < -0.3 is 14.4 Å². The van der Waals surface area contributed by atoms with E-state index >= 15 is 0 Å². The number of hydrogen-bond acceptors (Lipinski definition) is 4. The quantitative estimate of drug-likeness (QED) is 0.773. The van der Waals surface area contributed by atoms with E-state index < -0.39 is 0 Å². The van der Waals surface area contributed by atoms with E-state index in [0.29, 0.717) is 18.0 Å². The summed E-state index contributed by atoms with van der Waals surface area (Å²) < 4.78 is 11.8. The van der Waals surface area contributed by atoms with Crippen LogP contribution in [-0.2, 0) is 14.3 Å². The second-order valence-electron chi connectivity index (χ2n) is 7.43. The molecule has 0 saturated carbocycles. The molecule has 4 fully saturated rings. The molecule has 4 aliphatic heterocycles. The second-order valence-corrected chi connectivity index (χ2v) is 7.43. The minimum atomic E-state index is 0.00406. The lowest BCUT2D eigenvalue weighted by molar-refractivity contribution is -0.137. The van der Waals surface area contributed by atoms with Crippen LogP contribution >= 0.6 is 0 Å². The third-order valence-corrected chi connectivity index (χ3v) is 6.07. The van der Waals surface area contributed by atoms with Gasteiger partial charge in [-0.25, -0.2) is 0 Å². The maximum atomic E-state index is 12.0. The van der Waals surface area contributed by atoms with Crippen molar-refractivity contribution >= 4 is 5.91 Å². The first-order valence-electron chi connectivity index (χ1n) is 9.01. The van der Waals surface area contributed by atoms with Crippen LogP contribution in [0.3, 0.4) is 0 Å². The largest absolute Gasteiger partial charge is 0.381 e. The van der Waals surface area contributed by atoms with Gasteiger partial charge in [0.05, 0.1) is 5.60 Å². The molecule has 5 nitrogen and oxygen atoms in total. The number of ether oxygens (including phenoxy) is 2. The average molecular weight is 308 g/mol. The summed E-state index contributed by atoms with van der Waals surface area (Å²) in [4.78, 5) is 16.8. The van der Waals surface area contributed by atoms with Gasteiger partial charge in [-0.3, -0.25) is 9.69 Å². The molecular formula is C17H28N2O3. The molecular weight excluding hydrogens is 280 g/mol. The Labute approximate surface area is 132 Å². The molecule has 0 aromatic rings.